The van der Waals surface area contributed by atoms with Crippen LogP contribution in [-0.2, 0) is 32.2 Å². The second-order valence-electron chi connectivity index (χ2n) is 13.0. The van der Waals surface area contributed by atoms with Crippen LogP contribution < -0.4 is 5.32 Å². The summed E-state index contributed by atoms with van der Waals surface area (Å²) < 4.78 is 52.1. The molecule has 0 aromatic heterocycles. The van der Waals surface area contributed by atoms with Gasteiger partial charge < -0.3 is 29.9 Å². The van der Waals surface area contributed by atoms with E-state index in [1.54, 1.807) is 12.1 Å². The van der Waals surface area contributed by atoms with E-state index in [4.69, 9.17) is 9.47 Å². The molecule has 2 heterocycles. The van der Waals surface area contributed by atoms with Crippen molar-refractivity contribution in [2.45, 2.75) is 82.7 Å². The van der Waals surface area contributed by atoms with Gasteiger partial charge in [0.25, 0.3) is 0 Å². The van der Waals surface area contributed by atoms with E-state index >= 15 is 0 Å². The van der Waals surface area contributed by atoms with Gasteiger partial charge in [-0.05, 0) is 49.1 Å². The Hall–Kier alpha value is -3.81. The summed E-state index contributed by atoms with van der Waals surface area (Å²) in [5, 5.41) is 23.3. The summed E-state index contributed by atoms with van der Waals surface area (Å²) in [5.74, 6) is -2.69. The first-order chi connectivity index (χ1) is 23.4. The first kappa shape index (κ1) is 36.5. The van der Waals surface area contributed by atoms with E-state index in [2.05, 4.69) is 17.1 Å². The van der Waals surface area contributed by atoms with Gasteiger partial charge >= 0.3 is 12.1 Å². The third-order valence-electron chi connectivity index (χ3n) is 9.66. The maximum absolute atomic E-state index is 13.0. The average Bonchev–Trinajstić information content (AvgIpc) is 3.61. The van der Waals surface area contributed by atoms with Crippen LogP contribution in [0.3, 0.4) is 0 Å². The van der Waals surface area contributed by atoms with Crippen molar-refractivity contribution >= 4 is 11.8 Å². The Balaban J connectivity index is 1.28. The minimum absolute atomic E-state index is 0.0699. The zero-order chi connectivity index (χ0) is 35.3. The van der Waals surface area contributed by atoms with Crippen LogP contribution in [0.15, 0.2) is 78.9 Å². The molecule has 3 aromatic carbocycles. The van der Waals surface area contributed by atoms with Gasteiger partial charge in [0.2, 0.25) is 5.91 Å². The normalized spacial score (nSPS) is 24.1. The fourth-order valence-corrected chi connectivity index (χ4v) is 6.49. The molecule has 2 fully saturated rings. The second-order valence-corrected chi connectivity index (χ2v) is 13.0. The number of aliphatic hydroxyl groups excluding tert-OH is 2. The van der Waals surface area contributed by atoms with Crippen LogP contribution in [0.4, 0.5) is 13.2 Å². The van der Waals surface area contributed by atoms with Crippen LogP contribution >= 0.6 is 0 Å². The molecule has 0 saturated carbocycles. The lowest BCUT2D eigenvalue weighted by atomic mass is 9.89. The molecule has 2 aliphatic heterocycles. The number of carbonyl (C=O) groups excluding carboxylic acids is 2. The Morgan fingerprint density at radius 3 is 2.24 bits per heavy atom. The smallest absolute Gasteiger partial charge is 0.392 e. The van der Waals surface area contributed by atoms with Crippen molar-refractivity contribution in [3.05, 3.63) is 107 Å². The fourth-order valence-electron chi connectivity index (χ4n) is 6.49. The lowest BCUT2D eigenvalue weighted by Gasteiger charge is -2.43. The van der Waals surface area contributed by atoms with Crippen LogP contribution in [0.25, 0.3) is 0 Å². The van der Waals surface area contributed by atoms with Gasteiger partial charge in [-0.3, -0.25) is 14.5 Å². The number of ether oxygens (including phenoxy) is 2. The van der Waals surface area contributed by atoms with Crippen molar-refractivity contribution in [2.24, 2.45) is 5.92 Å². The zero-order valence-corrected chi connectivity index (χ0v) is 27.8. The maximum atomic E-state index is 13.0. The molecule has 5 rings (SSSR count). The summed E-state index contributed by atoms with van der Waals surface area (Å²) in [4.78, 5) is 27.2. The number of amides is 2. The lowest BCUT2D eigenvalue weighted by molar-refractivity contribution is -0.276. The van der Waals surface area contributed by atoms with Crippen LogP contribution in [0.5, 0.6) is 0 Å². The Morgan fingerprint density at radius 2 is 1.61 bits per heavy atom. The molecule has 2 aliphatic rings. The molecule has 3 N–H and O–H groups in total. The highest BCUT2D eigenvalue weighted by atomic mass is 19.4. The number of benzene rings is 3. The number of halogens is 3. The molecule has 12 heteroatoms. The van der Waals surface area contributed by atoms with E-state index in [-0.39, 0.29) is 50.3 Å². The number of nitrogens with zero attached hydrogens (tertiary/aromatic N) is 2. The number of hydrogen-bond donors (Lipinski definition) is 3. The molecule has 2 saturated heterocycles. The first-order valence-electron chi connectivity index (χ1n) is 16.6. The van der Waals surface area contributed by atoms with Gasteiger partial charge in [0, 0.05) is 37.2 Å². The van der Waals surface area contributed by atoms with Crippen molar-refractivity contribution in [3.63, 3.8) is 0 Å². The number of hydrogen-bond acceptors (Lipinski definition) is 7. The number of nitrogens with one attached hydrogen (secondary N) is 1. The molecule has 9 nitrogen and oxygen atoms in total. The number of alkyl halides is 3. The summed E-state index contributed by atoms with van der Waals surface area (Å²) in [6.45, 7) is 4.44. The van der Waals surface area contributed by atoms with Crippen LogP contribution in [0.2, 0.25) is 0 Å². The summed E-state index contributed by atoms with van der Waals surface area (Å²) in [5.41, 5.74) is 4.00. The second kappa shape index (κ2) is 15.8. The fraction of sp³-hybridized carbons (Fsp3) is 0.459. The molecule has 7 atom stereocenters. The van der Waals surface area contributed by atoms with Gasteiger partial charge in [0.05, 0.1) is 24.9 Å². The molecule has 0 spiro atoms. The van der Waals surface area contributed by atoms with E-state index in [0.717, 1.165) is 22.3 Å². The molecular weight excluding hydrogens is 639 g/mol. The minimum atomic E-state index is -5.03. The molecule has 0 aliphatic carbocycles. The minimum Gasteiger partial charge on any atom is -0.392 e. The number of likely N-dealkylation sites (N-methyl/N-ethyl adjacent to an activating group) is 1. The van der Waals surface area contributed by atoms with Crippen molar-refractivity contribution in [1.29, 1.82) is 0 Å². The van der Waals surface area contributed by atoms with E-state index in [9.17, 15) is 33.0 Å². The third kappa shape index (κ3) is 8.68. The van der Waals surface area contributed by atoms with Gasteiger partial charge in [0.1, 0.15) is 6.04 Å². The highest BCUT2D eigenvalue weighted by molar-refractivity contribution is 5.90. The third-order valence-corrected chi connectivity index (χ3v) is 9.66. The van der Waals surface area contributed by atoms with Crippen LogP contribution in [0.1, 0.15) is 73.0 Å². The highest BCUT2D eigenvalue weighted by Gasteiger charge is 2.47. The van der Waals surface area contributed by atoms with Crippen LogP contribution in [0, 0.1) is 5.92 Å². The summed E-state index contributed by atoms with van der Waals surface area (Å²) >= 11 is 0. The van der Waals surface area contributed by atoms with Gasteiger partial charge in [0.15, 0.2) is 6.29 Å². The van der Waals surface area contributed by atoms with Crippen molar-refractivity contribution in [1.82, 2.24) is 15.1 Å². The predicted octanol–water partition coefficient (Wildman–Crippen LogP) is 5.19. The Kier molecular flexibility index (Phi) is 11.8. The molecular formula is C37H44F3N3O6. The number of carbonyl (C=O) groups is 2. The number of rotatable bonds is 11. The Labute approximate surface area is 284 Å². The molecule has 0 unspecified atom stereocenters. The molecule has 49 heavy (non-hydrogen) atoms. The topological polar surface area (TPSA) is 112 Å². The molecule has 0 bridgehead atoms. The van der Waals surface area contributed by atoms with Gasteiger partial charge in [-0.2, -0.15) is 13.2 Å². The predicted molar refractivity (Wildman–Crippen MR) is 176 cm³/mol. The van der Waals surface area contributed by atoms with Crippen molar-refractivity contribution < 1.29 is 42.4 Å². The highest BCUT2D eigenvalue weighted by Crippen LogP contribution is 2.42. The quantitative estimate of drug-likeness (QED) is 0.255. The SMILES string of the molecule is C[C@H]1[C@@H](CN(C)[C@@H](C)[C@H](O)c2ccccc2)O[C@@H](c2ccc(CNC(=O)[C@@H]3CCCN3C(=O)C(F)(F)F)cc2)O[C@H]1c1ccc(CO)cc1. The Bertz CT molecular complexity index is 1540. The average molecular weight is 684 g/mol. The Morgan fingerprint density at radius 1 is 0.980 bits per heavy atom. The standard InChI is InChI=1S/C37H44F3N3O6/c1-23-31(21-42(3)24(2)32(45)27-8-5-4-6-9-27)48-35(49-33(23)28-15-13-26(22-44)14-16-28)29-17-11-25(12-18-29)20-41-34(46)30-10-7-19-43(30)36(47)37(38,39)40/h4-6,8-9,11-18,23-24,30-33,35,44-45H,7,10,19-22H2,1-3H3,(H,41,46)/t23-,24-,30-,31+,32-,33+,35+/m0/s1. The van der Waals surface area contributed by atoms with E-state index < -0.39 is 36.4 Å². The monoisotopic (exact) mass is 683 g/mol. The zero-order valence-electron chi connectivity index (χ0n) is 27.8. The number of aliphatic hydroxyl groups is 2. The van der Waals surface area contributed by atoms with Crippen molar-refractivity contribution in [2.75, 3.05) is 20.1 Å². The van der Waals surface area contributed by atoms with Crippen LogP contribution in [-0.4, -0.2) is 76.3 Å². The summed E-state index contributed by atoms with van der Waals surface area (Å²) in [6, 6.07) is 23.0. The maximum Gasteiger partial charge on any atom is 0.471 e. The molecule has 2 amide bonds. The summed E-state index contributed by atoms with van der Waals surface area (Å²) in [6.07, 6.45) is -6.60. The number of likely N-dealkylation sites (tertiary alicyclic amines) is 1. The van der Waals surface area contributed by atoms with Gasteiger partial charge in [-0.15, -0.1) is 0 Å². The van der Waals surface area contributed by atoms with E-state index in [1.165, 1.54) is 0 Å². The van der Waals surface area contributed by atoms with E-state index in [1.807, 2.05) is 80.7 Å². The molecule has 264 valence electrons. The van der Waals surface area contributed by atoms with Crippen molar-refractivity contribution in [3.8, 4) is 0 Å². The van der Waals surface area contributed by atoms with Gasteiger partial charge in [-0.1, -0.05) is 85.8 Å². The van der Waals surface area contributed by atoms with E-state index in [0.29, 0.717) is 23.4 Å². The first-order valence-corrected chi connectivity index (χ1v) is 16.6. The molecule has 0 radical (unpaired) electrons. The summed E-state index contributed by atoms with van der Waals surface area (Å²) in [7, 11) is 1.95. The van der Waals surface area contributed by atoms with Gasteiger partial charge in [-0.25, -0.2) is 0 Å². The molecule has 3 aromatic rings. The largest absolute Gasteiger partial charge is 0.471 e. The lowest BCUT2D eigenvalue weighted by Crippen LogP contribution is -2.50.